The van der Waals surface area contributed by atoms with Gasteiger partial charge in [-0.05, 0) is 33.3 Å². The van der Waals surface area contributed by atoms with Gasteiger partial charge in [-0.25, -0.2) is 0 Å². The lowest BCUT2D eigenvalue weighted by molar-refractivity contribution is -0.135. The van der Waals surface area contributed by atoms with Gasteiger partial charge < -0.3 is 9.64 Å². The molecule has 1 aromatic carbocycles. The Morgan fingerprint density at radius 3 is 2.22 bits per heavy atom. The van der Waals surface area contributed by atoms with Crippen molar-refractivity contribution in [3.05, 3.63) is 35.9 Å². The number of ether oxygens (including phenoxy) is 1. The summed E-state index contributed by atoms with van der Waals surface area (Å²) < 4.78 is 5.83. The molecule has 1 saturated heterocycles. The summed E-state index contributed by atoms with van der Waals surface area (Å²) in [6.45, 7) is 9.31. The minimum atomic E-state index is -0.722. The zero-order valence-corrected chi connectivity index (χ0v) is 11.6. The molecule has 3 nitrogen and oxygen atoms in total. The monoisotopic (exact) mass is 247 g/mol. The van der Waals surface area contributed by atoms with Crippen molar-refractivity contribution in [2.24, 2.45) is 0 Å². The molecule has 1 aromatic rings. The van der Waals surface area contributed by atoms with Crippen LogP contribution in [0.1, 0.15) is 33.3 Å². The molecular formula is C15H21NO2. The number of amides is 1. The first-order valence-electron chi connectivity index (χ1n) is 6.54. The lowest BCUT2D eigenvalue weighted by Gasteiger charge is -2.22. The normalized spacial score (nSPS) is 30.0. The van der Waals surface area contributed by atoms with Crippen molar-refractivity contribution in [3.63, 3.8) is 0 Å². The quantitative estimate of drug-likeness (QED) is 0.766. The Kier molecular flexibility index (Phi) is 3.20. The van der Waals surface area contributed by atoms with Crippen molar-refractivity contribution < 1.29 is 9.53 Å². The molecule has 98 valence electrons. The van der Waals surface area contributed by atoms with Crippen molar-refractivity contribution >= 4 is 5.91 Å². The molecule has 0 aromatic heterocycles. The van der Waals surface area contributed by atoms with Crippen LogP contribution in [0.5, 0.6) is 0 Å². The number of nitrogens with zero attached hydrogens (tertiary/aromatic N) is 1. The summed E-state index contributed by atoms with van der Waals surface area (Å²) in [6.07, 6.45) is 0. The van der Waals surface area contributed by atoms with Crippen LogP contribution < -0.4 is 0 Å². The van der Waals surface area contributed by atoms with Crippen LogP contribution in [0.4, 0.5) is 0 Å². The number of epoxide rings is 1. The SMILES string of the molecule is CCN(CC)C(=O)C1(C)OC1(C)c1ccccc1. The van der Waals surface area contributed by atoms with Gasteiger partial charge in [0.25, 0.3) is 5.91 Å². The fourth-order valence-corrected chi connectivity index (χ4v) is 2.53. The molecular weight excluding hydrogens is 226 g/mol. The minimum Gasteiger partial charge on any atom is -0.348 e. The van der Waals surface area contributed by atoms with E-state index in [1.54, 1.807) is 0 Å². The summed E-state index contributed by atoms with van der Waals surface area (Å²) >= 11 is 0. The number of rotatable bonds is 4. The van der Waals surface area contributed by atoms with E-state index in [9.17, 15) is 4.79 Å². The van der Waals surface area contributed by atoms with Crippen molar-refractivity contribution in [2.75, 3.05) is 13.1 Å². The number of hydrogen-bond acceptors (Lipinski definition) is 2. The molecule has 1 amide bonds. The van der Waals surface area contributed by atoms with E-state index in [1.807, 2.05) is 62.9 Å². The average molecular weight is 247 g/mol. The van der Waals surface area contributed by atoms with Gasteiger partial charge in [0.05, 0.1) is 0 Å². The first-order valence-corrected chi connectivity index (χ1v) is 6.54. The van der Waals surface area contributed by atoms with Crippen LogP contribution >= 0.6 is 0 Å². The van der Waals surface area contributed by atoms with E-state index in [0.29, 0.717) is 0 Å². The lowest BCUT2D eigenvalue weighted by Crippen LogP contribution is -2.42. The van der Waals surface area contributed by atoms with Crippen molar-refractivity contribution in [1.29, 1.82) is 0 Å². The number of carbonyl (C=O) groups is 1. The largest absolute Gasteiger partial charge is 0.348 e. The van der Waals surface area contributed by atoms with Gasteiger partial charge in [-0.1, -0.05) is 30.3 Å². The summed E-state index contributed by atoms with van der Waals surface area (Å²) in [5.74, 6) is 0.0823. The predicted molar refractivity (Wildman–Crippen MR) is 71.2 cm³/mol. The minimum absolute atomic E-state index is 0.0823. The molecule has 1 fully saturated rings. The lowest BCUT2D eigenvalue weighted by atomic mass is 9.88. The second-order valence-corrected chi connectivity index (χ2v) is 5.01. The first kappa shape index (κ1) is 13.1. The van der Waals surface area contributed by atoms with Gasteiger partial charge in [0.2, 0.25) is 0 Å². The third-order valence-corrected chi connectivity index (χ3v) is 4.06. The number of carbonyl (C=O) groups excluding carboxylic acids is 1. The van der Waals surface area contributed by atoms with Gasteiger partial charge in [-0.15, -0.1) is 0 Å². The van der Waals surface area contributed by atoms with Crippen molar-refractivity contribution in [2.45, 2.75) is 38.9 Å². The summed E-state index contributed by atoms with van der Waals surface area (Å²) in [7, 11) is 0. The van der Waals surface area contributed by atoms with Crippen LogP contribution in [-0.2, 0) is 15.1 Å². The highest BCUT2D eigenvalue weighted by molar-refractivity contribution is 5.89. The van der Waals surface area contributed by atoms with Crippen LogP contribution in [0.15, 0.2) is 30.3 Å². The zero-order chi connectivity index (χ0) is 13.4. The Labute approximate surface area is 109 Å². The van der Waals surface area contributed by atoms with Crippen molar-refractivity contribution in [1.82, 2.24) is 4.90 Å². The topological polar surface area (TPSA) is 32.8 Å². The van der Waals surface area contributed by atoms with E-state index in [-0.39, 0.29) is 5.91 Å². The number of likely N-dealkylation sites (N-methyl/N-ethyl adjacent to an activating group) is 1. The van der Waals surface area contributed by atoms with Gasteiger partial charge >= 0.3 is 0 Å². The van der Waals surface area contributed by atoms with E-state index in [1.165, 1.54) is 0 Å². The molecule has 0 spiro atoms. The van der Waals surface area contributed by atoms with Crippen molar-refractivity contribution in [3.8, 4) is 0 Å². The highest BCUT2D eigenvalue weighted by atomic mass is 16.6. The third-order valence-electron chi connectivity index (χ3n) is 4.06. The molecule has 0 aliphatic carbocycles. The van der Waals surface area contributed by atoms with Gasteiger partial charge in [0.1, 0.15) is 5.60 Å². The van der Waals surface area contributed by atoms with Crippen LogP contribution in [0, 0.1) is 0 Å². The molecule has 1 aliphatic heterocycles. The molecule has 0 bridgehead atoms. The van der Waals surface area contributed by atoms with E-state index in [2.05, 4.69) is 0 Å². The molecule has 1 aliphatic rings. The van der Waals surface area contributed by atoms with Gasteiger partial charge in [-0.2, -0.15) is 0 Å². The third kappa shape index (κ3) is 1.74. The zero-order valence-electron chi connectivity index (χ0n) is 11.6. The van der Waals surface area contributed by atoms with Gasteiger partial charge in [0, 0.05) is 13.1 Å². The fraction of sp³-hybridized carbons (Fsp3) is 0.533. The summed E-state index contributed by atoms with van der Waals surface area (Å²) in [4.78, 5) is 14.3. The Balaban J connectivity index is 2.24. The van der Waals surface area contributed by atoms with Crippen LogP contribution in [0.3, 0.4) is 0 Å². The maximum Gasteiger partial charge on any atom is 0.257 e. The fourth-order valence-electron chi connectivity index (χ4n) is 2.53. The van der Waals surface area contributed by atoms with Crippen LogP contribution in [-0.4, -0.2) is 29.5 Å². The maximum atomic E-state index is 12.5. The van der Waals surface area contributed by atoms with E-state index >= 15 is 0 Å². The Hall–Kier alpha value is -1.35. The van der Waals surface area contributed by atoms with Crippen LogP contribution in [0.25, 0.3) is 0 Å². The molecule has 0 radical (unpaired) electrons. The second kappa shape index (κ2) is 4.39. The smallest absolute Gasteiger partial charge is 0.257 e. The van der Waals surface area contributed by atoms with Gasteiger partial charge in [-0.3, -0.25) is 4.79 Å². The van der Waals surface area contributed by atoms with Crippen LogP contribution in [0.2, 0.25) is 0 Å². The van der Waals surface area contributed by atoms with E-state index in [4.69, 9.17) is 4.74 Å². The number of benzene rings is 1. The van der Waals surface area contributed by atoms with Gasteiger partial charge in [0.15, 0.2) is 5.60 Å². The second-order valence-electron chi connectivity index (χ2n) is 5.01. The molecule has 2 rings (SSSR count). The highest BCUT2D eigenvalue weighted by Crippen LogP contribution is 2.56. The number of hydrogen-bond donors (Lipinski definition) is 0. The highest BCUT2D eigenvalue weighted by Gasteiger charge is 2.70. The summed E-state index contributed by atoms with van der Waals surface area (Å²) in [5.41, 5.74) is -0.151. The standard InChI is InChI=1S/C15H21NO2/c1-5-16(6-2)13(17)15(4)14(3,18-15)12-10-8-7-9-11-12/h7-11H,5-6H2,1-4H3. The summed E-state index contributed by atoms with van der Waals surface area (Å²) in [6, 6.07) is 9.95. The molecule has 2 atom stereocenters. The van der Waals surface area contributed by atoms with E-state index < -0.39 is 11.2 Å². The first-order chi connectivity index (χ1) is 8.49. The Bertz CT molecular complexity index is 441. The summed E-state index contributed by atoms with van der Waals surface area (Å²) in [5, 5.41) is 0. The molecule has 3 heteroatoms. The maximum absolute atomic E-state index is 12.5. The average Bonchev–Trinajstić information content (AvgIpc) is 2.97. The molecule has 1 heterocycles. The Morgan fingerprint density at radius 1 is 1.17 bits per heavy atom. The predicted octanol–water partition coefficient (Wildman–Crippen LogP) is 2.56. The molecule has 2 unspecified atom stereocenters. The molecule has 18 heavy (non-hydrogen) atoms. The molecule has 0 N–H and O–H groups in total. The molecule has 0 saturated carbocycles. The van der Waals surface area contributed by atoms with E-state index in [0.717, 1.165) is 18.7 Å². The Morgan fingerprint density at radius 2 is 1.72 bits per heavy atom.